The number of fused-ring (bicyclic) bond motifs is 2. The van der Waals surface area contributed by atoms with Crippen molar-refractivity contribution in [2.45, 2.75) is 44.9 Å². The summed E-state index contributed by atoms with van der Waals surface area (Å²) < 4.78 is 10.7. The molecule has 3 heterocycles. The molecular weight excluding hydrogens is 400 g/mol. The molecule has 1 aliphatic carbocycles. The smallest absolute Gasteiger partial charge is 0.263 e. The Kier molecular flexibility index (Phi) is 5.37. The molecule has 1 fully saturated rings. The topological polar surface area (TPSA) is 67.9 Å². The Bertz CT molecular complexity index is 962. The van der Waals surface area contributed by atoms with Gasteiger partial charge < -0.3 is 19.7 Å². The number of nitrogens with zero attached hydrogens (tertiary/aromatic N) is 1. The standard InChI is InChI=1S/C23H26N2O4S/c26-22(24-17-6-7-18-19(13-17)29-14-28-18)15-5-8-20-16(11-15)12-21(30-20)23(27)25-9-3-1-2-4-10-25/h6-7,12-13,15H,1-5,8-11,14H2,(H,24,26). The molecule has 0 saturated carbocycles. The zero-order valence-corrected chi connectivity index (χ0v) is 17.8. The first-order valence-electron chi connectivity index (χ1n) is 10.8. The highest BCUT2D eigenvalue weighted by molar-refractivity contribution is 7.14. The van der Waals surface area contributed by atoms with Crippen molar-refractivity contribution in [2.24, 2.45) is 5.92 Å². The van der Waals surface area contributed by atoms with Crippen molar-refractivity contribution in [1.82, 2.24) is 4.90 Å². The van der Waals surface area contributed by atoms with Crippen molar-refractivity contribution in [2.75, 3.05) is 25.2 Å². The summed E-state index contributed by atoms with van der Waals surface area (Å²) in [6.45, 7) is 1.94. The van der Waals surface area contributed by atoms with Crippen LogP contribution >= 0.6 is 11.3 Å². The molecule has 7 heteroatoms. The summed E-state index contributed by atoms with van der Waals surface area (Å²) in [5, 5.41) is 3.01. The number of ether oxygens (including phenoxy) is 2. The van der Waals surface area contributed by atoms with Gasteiger partial charge in [-0.1, -0.05) is 12.8 Å². The molecule has 0 radical (unpaired) electrons. The van der Waals surface area contributed by atoms with Crippen LogP contribution in [-0.2, 0) is 17.6 Å². The maximum atomic E-state index is 13.0. The van der Waals surface area contributed by atoms with Crippen molar-refractivity contribution < 1.29 is 19.1 Å². The first kappa shape index (κ1) is 19.4. The van der Waals surface area contributed by atoms with Crippen LogP contribution in [0.25, 0.3) is 0 Å². The van der Waals surface area contributed by atoms with Crippen LogP contribution in [0, 0.1) is 5.92 Å². The molecule has 1 N–H and O–H groups in total. The normalized spacial score (nSPS) is 20.4. The molecule has 1 unspecified atom stereocenters. The van der Waals surface area contributed by atoms with Crippen LogP contribution in [-0.4, -0.2) is 36.6 Å². The summed E-state index contributed by atoms with van der Waals surface area (Å²) in [5.41, 5.74) is 1.88. The molecule has 1 atom stereocenters. The molecule has 0 spiro atoms. The van der Waals surface area contributed by atoms with Crippen LogP contribution in [0.3, 0.4) is 0 Å². The van der Waals surface area contributed by atoms with Crippen LogP contribution in [0.4, 0.5) is 5.69 Å². The maximum Gasteiger partial charge on any atom is 0.263 e. The molecule has 2 amide bonds. The van der Waals surface area contributed by atoms with E-state index in [1.807, 2.05) is 23.1 Å². The number of hydrogen-bond acceptors (Lipinski definition) is 5. The molecule has 1 saturated heterocycles. The molecule has 6 nitrogen and oxygen atoms in total. The SMILES string of the molecule is O=C(Nc1ccc2c(c1)OCO2)C1CCc2sc(C(=O)N3CCCCCC3)cc2C1. The molecule has 5 rings (SSSR count). The molecular formula is C23H26N2O4S. The fraction of sp³-hybridized carbons (Fsp3) is 0.478. The fourth-order valence-electron chi connectivity index (χ4n) is 4.50. The minimum Gasteiger partial charge on any atom is -0.454 e. The summed E-state index contributed by atoms with van der Waals surface area (Å²) in [4.78, 5) is 29.9. The van der Waals surface area contributed by atoms with Gasteiger partial charge in [0.25, 0.3) is 5.91 Å². The lowest BCUT2D eigenvalue weighted by Gasteiger charge is -2.21. The summed E-state index contributed by atoms with van der Waals surface area (Å²) in [7, 11) is 0. The maximum absolute atomic E-state index is 13.0. The molecule has 3 aliphatic rings. The number of carbonyl (C=O) groups excluding carboxylic acids is 2. The second-order valence-electron chi connectivity index (χ2n) is 8.26. The van der Waals surface area contributed by atoms with E-state index >= 15 is 0 Å². The first-order chi connectivity index (χ1) is 14.7. The molecule has 2 aliphatic heterocycles. The van der Waals surface area contributed by atoms with Gasteiger partial charge in [-0.2, -0.15) is 0 Å². The van der Waals surface area contributed by atoms with Crippen molar-refractivity contribution >= 4 is 28.8 Å². The lowest BCUT2D eigenvalue weighted by Crippen LogP contribution is -2.31. The lowest BCUT2D eigenvalue weighted by molar-refractivity contribution is -0.120. The summed E-state index contributed by atoms with van der Waals surface area (Å²) >= 11 is 1.62. The lowest BCUT2D eigenvalue weighted by atomic mass is 9.87. The number of hydrogen-bond donors (Lipinski definition) is 1. The minimum atomic E-state index is -0.0846. The Labute approximate surface area is 180 Å². The molecule has 2 aromatic rings. The third kappa shape index (κ3) is 3.90. The van der Waals surface area contributed by atoms with Crippen LogP contribution in [0.2, 0.25) is 0 Å². The van der Waals surface area contributed by atoms with E-state index in [0.29, 0.717) is 17.9 Å². The average Bonchev–Trinajstić information content (AvgIpc) is 3.31. The van der Waals surface area contributed by atoms with Gasteiger partial charge in [-0.15, -0.1) is 11.3 Å². The van der Waals surface area contributed by atoms with Gasteiger partial charge in [-0.05, 0) is 55.9 Å². The number of thiophene rings is 1. The second kappa shape index (κ2) is 8.30. The monoisotopic (exact) mass is 426 g/mol. The van der Waals surface area contributed by atoms with E-state index < -0.39 is 0 Å². The average molecular weight is 427 g/mol. The van der Waals surface area contributed by atoms with E-state index in [1.165, 1.54) is 17.7 Å². The third-order valence-corrected chi connectivity index (χ3v) is 7.42. The predicted octanol–water partition coefficient (Wildman–Crippen LogP) is 4.24. The number of benzene rings is 1. The third-order valence-electron chi connectivity index (χ3n) is 6.20. The highest BCUT2D eigenvalue weighted by Crippen LogP contribution is 2.36. The second-order valence-corrected chi connectivity index (χ2v) is 9.40. The van der Waals surface area contributed by atoms with Gasteiger partial charge in [0.1, 0.15) is 0 Å². The quantitative estimate of drug-likeness (QED) is 0.797. The Hall–Kier alpha value is -2.54. The Balaban J connectivity index is 1.24. The van der Waals surface area contributed by atoms with Gasteiger partial charge in [-0.25, -0.2) is 0 Å². The van der Waals surface area contributed by atoms with Gasteiger partial charge in [0, 0.05) is 35.6 Å². The number of amides is 2. The number of likely N-dealkylation sites (tertiary alicyclic amines) is 1. The Morgan fingerprint density at radius 2 is 1.83 bits per heavy atom. The fourth-order valence-corrected chi connectivity index (χ4v) is 5.68. The van der Waals surface area contributed by atoms with E-state index in [9.17, 15) is 9.59 Å². The minimum absolute atomic E-state index is 0.0195. The number of carbonyl (C=O) groups is 2. The highest BCUT2D eigenvalue weighted by atomic mass is 32.1. The summed E-state index contributed by atoms with van der Waals surface area (Å²) in [5.74, 6) is 1.46. The van der Waals surface area contributed by atoms with Crippen molar-refractivity contribution in [3.63, 3.8) is 0 Å². The van der Waals surface area contributed by atoms with E-state index in [1.54, 1.807) is 17.4 Å². The van der Waals surface area contributed by atoms with Gasteiger partial charge >= 0.3 is 0 Å². The van der Waals surface area contributed by atoms with E-state index in [0.717, 1.165) is 54.9 Å². The largest absolute Gasteiger partial charge is 0.454 e. The van der Waals surface area contributed by atoms with E-state index in [4.69, 9.17) is 9.47 Å². The van der Waals surface area contributed by atoms with Crippen LogP contribution in [0.1, 0.15) is 52.2 Å². The zero-order chi connectivity index (χ0) is 20.5. The molecule has 1 aromatic carbocycles. The van der Waals surface area contributed by atoms with E-state index in [2.05, 4.69) is 5.32 Å². The summed E-state index contributed by atoms with van der Waals surface area (Å²) in [6.07, 6.45) is 6.97. The predicted molar refractivity (Wildman–Crippen MR) is 115 cm³/mol. The zero-order valence-electron chi connectivity index (χ0n) is 16.9. The first-order valence-corrected chi connectivity index (χ1v) is 11.6. The van der Waals surface area contributed by atoms with Crippen molar-refractivity contribution in [3.05, 3.63) is 39.6 Å². The van der Waals surface area contributed by atoms with Crippen molar-refractivity contribution in [1.29, 1.82) is 0 Å². The van der Waals surface area contributed by atoms with Crippen LogP contribution in [0.15, 0.2) is 24.3 Å². The van der Waals surface area contributed by atoms with Gasteiger partial charge in [0.2, 0.25) is 12.7 Å². The van der Waals surface area contributed by atoms with E-state index in [-0.39, 0.29) is 24.5 Å². The molecule has 1 aromatic heterocycles. The van der Waals surface area contributed by atoms with Crippen molar-refractivity contribution in [3.8, 4) is 11.5 Å². The number of rotatable bonds is 3. The van der Waals surface area contributed by atoms with Gasteiger partial charge in [0.05, 0.1) is 4.88 Å². The Morgan fingerprint density at radius 3 is 2.67 bits per heavy atom. The molecule has 0 bridgehead atoms. The number of nitrogens with one attached hydrogen (secondary N) is 1. The Morgan fingerprint density at radius 1 is 1.03 bits per heavy atom. The highest BCUT2D eigenvalue weighted by Gasteiger charge is 2.29. The summed E-state index contributed by atoms with van der Waals surface area (Å²) in [6, 6.07) is 7.49. The number of aryl methyl sites for hydroxylation is 1. The van der Waals surface area contributed by atoms with Crippen LogP contribution in [0.5, 0.6) is 11.5 Å². The number of anilines is 1. The van der Waals surface area contributed by atoms with Gasteiger partial charge in [-0.3, -0.25) is 9.59 Å². The van der Waals surface area contributed by atoms with Crippen LogP contribution < -0.4 is 14.8 Å². The van der Waals surface area contributed by atoms with Gasteiger partial charge in [0.15, 0.2) is 11.5 Å². The molecule has 30 heavy (non-hydrogen) atoms. The molecule has 158 valence electrons.